The van der Waals surface area contributed by atoms with Crippen LogP contribution in [0.2, 0.25) is 5.15 Å². The summed E-state index contributed by atoms with van der Waals surface area (Å²) in [6.07, 6.45) is 1.67. The second kappa shape index (κ2) is 5.38. The van der Waals surface area contributed by atoms with Gasteiger partial charge >= 0.3 is 5.97 Å². The number of carbonyl (C=O) groups is 1. The highest BCUT2D eigenvalue weighted by molar-refractivity contribution is 6.29. The van der Waals surface area contributed by atoms with Crippen molar-refractivity contribution in [3.8, 4) is 11.8 Å². The maximum absolute atomic E-state index is 10.8. The zero-order valence-corrected chi connectivity index (χ0v) is 9.26. The van der Waals surface area contributed by atoms with Gasteiger partial charge in [-0.1, -0.05) is 23.4 Å². The van der Waals surface area contributed by atoms with Crippen molar-refractivity contribution in [2.24, 2.45) is 0 Å². The van der Waals surface area contributed by atoms with Gasteiger partial charge in [0.25, 0.3) is 0 Å². The lowest BCUT2D eigenvalue weighted by atomic mass is 10.2. The van der Waals surface area contributed by atoms with E-state index in [0.717, 1.165) is 11.1 Å². The van der Waals surface area contributed by atoms with Crippen LogP contribution in [0, 0.1) is 18.8 Å². The van der Waals surface area contributed by atoms with Gasteiger partial charge < -0.3 is 4.74 Å². The molecule has 0 aliphatic carbocycles. The first-order valence-electron chi connectivity index (χ1n) is 4.31. The van der Waals surface area contributed by atoms with Gasteiger partial charge in [-0.25, -0.2) is 4.98 Å². The van der Waals surface area contributed by atoms with Crippen LogP contribution in [0.3, 0.4) is 0 Å². The molecule has 0 spiro atoms. The SMILES string of the molecule is COC(=O)CC#Cc1cnc(Cl)cc1C. The van der Waals surface area contributed by atoms with E-state index in [1.807, 2.05) is 6.92 Å². The molecule has 0 saturated carbocycles. The minimum atomic E-state index is -0.345. The van der Waals surface area contributed by atoms with Crippen LogP contribution in [0.15, 0.2) is 12.3 Å². The molecule has 0 aliphatic heterocycles. The summed E-state index contributed by atoms with van der Waals surface area (Å²) in [5.41, 5.74) is 1.70. The molecule has 0 saturated heterocycles. The first-order valence-corrected chi connectivity index (χ1v) is 4.69. The van der Waals surface area contributed by atoms with Crippen molar-refractivity contribution in [3.63, 3.8) is 0 Å². The Morgan fingerprint density at radius 3 is 3.00 bits per heavy atom. The van der Waals surface area contributed by atoms with Crippen LogP contribution in [-0.2, 0) is 9.53 Å². The molecule has 1 heterocycles. The summed E-state index contributed by atoms with van der Waals surface area (Å²) in [6, 6.07) is 1.73. The summed E-state index contributed by atoms with van der Waals surface area (Å²) in [5.74, 6) is 5.19. The van der Waals surface area contributed by atoms with E-state index in [-0.39, 0.29) is 12.4 Å². The predicted octanol–water partition coefficient (Wildman–Crippen LogP) is 1.96. The molecule has 3 nitrogen and oxygen atoms in total. The number of methoxy groups -OCH3 is 1. The second-order valence-corrected chi connectivity index (χ2v) is 3.26. The lowest BCUT2D eigenvalue weighted by Gasteiger charge is -1.96. The molecule has 0 unspecified atom stereocenters. The van der Waals surface area contributed by atoms with Gasteiger partial charge in [0.05, 0.1) is 7.11 Å². The van der Waals surface area contributed by atoms with E-state index in [1.165, 1.54) is 7.11 Å². The number of halogens is 1. The Hall–Kier alpha value is -1.53. The van der Waals surface area contributed by atoms with Crippen LogP contribution in [0.4, 0.5) is 0 Å². The number of aryl methyl sites for hydroxylation is 1. The molecular formula is C11H10ClNO2. The second-order valence-electron chi connectivity index (χ2n) is 2.88. The van der Waals surface area contributed by atoms with Gasteiger partial charge in [-0.3, -0.25) is 4.79 Å². The highest BCUT2D eigenvalue weighted by atomic mass is 35.5. The normalized spacial score (nSPS) is 9.00. The number of esters is 1. The zero-order valence-electron chi connectivity index (χ0n) is 8.50. The lowest BCUT2D eigenvalue weighted by Crippen LogP contribution is -1.97. The third-order valence-corrected chi connectivity index (χ3v) is 1.97. The van der Waals surface area contributed by atoms with Crippen LogP contribution in [0.25, 0.3) is 0 Å². The molecule has 1 aromatic heterocycles. The first-order chi connectivity index (χ1) is 7.13. The Morgan fingerprint density at radius 2 is 2.40 bits per heavy atom. The first kappa shape index (κ1) is 11.5. The van der Waals surface area contributed by atoms with E-state index < -0.39 is 0 Å². The van der Waals surface area contributed by atoms with Crippen molar-refractivity contribution < 1.29 is 9.53 Å². The van der Waals surface area contributed by atoms with Gasteiger partial charge in [0.15, 0.2) is 0 Å². The third-order valence-electron chi connectivity index (χ3n) is 1.76. The smallest absolute Gasteiger partial charge is 0.317 e. The van der Waals surface area contributed by atoms with Gasteiger partial charge in [-0.05, 0) is 18.6 Å². The van der Waals surface area contributed by atoms with Crippen molar-refractivity contribution in [1.82, 2.24) is 4.98 Å². The molecule has 0 aliphatic rings. The number of pyridine rings is 1. The molecule has 78 valence electrons. The number of ether oxygens (including phenoxy) is 1. The van der Waals surface area contributed by atoms with Crippen molar-refractivity contribution in [2.75, 3.05) is 7.11 Å². The molecular weight excluding hydrogens is 214 g/mol. The Labute approximate surface area is 93.4 Å². The Morgan fingerprint density at radius 1 is 1.67 bits per heavy atom. The number of rotatable bonds is 1. The summed E-state index contributed by atoms with van der Waals surface area (Å²) in [5, 5.41) is 0.436. The topological polar surface area (TPSA) is 39.2 Å². The fourth-order valence-corrected chi connectivity index (χ4v) is 1.15. The summed E-state index contributed by atoms with van der Waals surface area (Å²) in [7, 11) is 1.33. The average Bonchev–Trinajstić information content (AvgIpc) is 2.21. The maximum Gasteiger partial charge on any atom is 0.317 e. The Bertz CT molecular complexity index is 432. The summed E-state index contributed by atoms with van der Waals surface area (Å²) >= 11 is 5.69. The average molecular weight is 224 g/mol. The molecule has 15 heavy (non-hydrogen) atoms. The summed E-state index contributed by atoms with van der Waals surface area (Å²) < 4.78 is 4.46. The van der Waals surface area contributed by atoms with E-state index in [9.17, 15) is 4.79 Å². The molecule has 0 bridgehead atoms. The number of aromatic nitrogens is 1. The van der Waals surface area contributed by atoms with Crippen molar-refractivity contribution in [3.05, 3.63) is 28.5 Å². The molecule has 4 heteroatoms. The predicted molar refractivity (Wildman–Crippen MR) is 57.5 cm³/mol. The molecule has 0 amide bonds. The van der Waals surface area contributed by atoms with Crippen LogP contribution in [0.5, 0.6) is 0 Å². The maximum atomic E-state index is 10.8. The Kier molecular flexibility index (Phi) is 4.14. The third kappa shape index (κ3) is 3.61. The van der Waals surface area contributed by atoms with Gasteiger partial charge in [-0.15, -0.1) is 0 Å². The minimum absolute atomic E-state index is 0.0819. The highest BCUT2D eigenvalue weighted by Crippen LogP contribution is 2.10. The summed E-state index contributed by atoms with van der Waals surface area (Å²) in [6.45, 7) is 1.88. The van der Waals surface area contributed by atoms with Crippen LogP contribution in [-0.4, -0.2) is 18.1 Å². The highest BCUT2D eigenvalue weighted by Gasteiger charge is 1.97. The van der Waals surface area contributed by atoms with Gasteiger partial charge in [0.1, 0.15) is 11.6 Å². The fourth-order valence-electron chi connectivity index (χ4n) is 0.936. The van der Waals surface area contributed by atoms with E-state index in [2.05, 4.69) is 21.6 Å². The lowest BCUT2D eigenvalue weighted by molar-refractivity contribution is -0.139. The van der Waals surface area contributed by atoms with Crippen LogP contribution < -0.4 is 0 Å². The number of hydrogen-bond donors (Lipinski definition) is 0. The number of carbonyl (C=O) groups excluding carboxylic acids is 1. The number of nitrogens with zero attached hydrogens (tertiary/aromatic N) is 1. The molecule has 0 atom stereocenters. The number of hydrogen-bond acceptors (Lipinski definition) is 3. The molecule has 0 N–H and O–H groups in total. The fraction of sp³-hybridized carbons (Fsp3) is 0.273. The quantitative estimate of drug-likeness (QED) is 0.415. The van der Waals surface area contributed by atoms with Crippen molar-refractivity contribution in [2.45, 2.75) is 13.3 Å². The molecule has 0 aromatic carbocycles. The van der Waals surface area contributed by atoms with E-state index in [1.54, 1.807) is 12.3 Å². The zero-order chi connectivity index (χ0) is 11.3. The van der Waals surface area contributed by atoms with Crippen molar-refractivity contribution >= 4 is 17.6 Å². The van der Waals surface area contributed by atoms with E-state index >= 15 is 0 Å². The monoisotopic (exact) mass is 223 g/mol. The van der Waals surface area contributed by atoms with Crippen molar-refractivity contribution in [1.29, 1.82) is 0 Å². The van der Waals surface area contributed by atoms with Gasteiger partial charge in [0.2, 0.25) is 0 Å². The van der Waals surface area contributed by atoms with E-state index in [0.29, 0.717) is 5.15 Å². The summed E-state index contributed by atoms with van der Waals surface area (Å²) in [4.78, 5) is 14.7. The van der Waals surface area contributed by atoms with Gasteiger partial charge in [0, 0.05) is 11.8 Å². The van der Waals surface area contributed by atoms with Gasteiger partial charge in [-0.2, -0.15) is 0 Å². The Balaban J connectivity index is 2.76. The minimum Gasteiger partial charge on any atom is -0.468 e. The molecule has 0 fully saturated rings. The molecule has 0 radical (unpaired) electrons. The largest absolute Gasteiger partial charge is 0.468 e. The molecule has 1 rings (SSSR count). The molecule has 1 aromatic rings. The standard InChI is InChI=1S/C11H10ClNO2/c1-8-6-10(12)13-7-9(8)4-3-5-11(14)15-2/h6-7H,5H2,1-2H3. The van der Waals surface area contributed by atoms with Crippen LogP contribution in [0.1, 0.15) is 17.5 Å². The van der Waals surface area contributed by atoms with E-state index in [4.69, 9.17) is 11.6 Å². The van der Waals surface area contributed by atoms with Crippen LogP contribution >= 0.6 is 11.6 Å².